The Morgan fingerprint density at radius 3 is 2.63 bits per heavy atom. The lowest BCUT2D eigenvalue weighted by Gasteiger charge is -2.32. The van der Waals surface area contributed by atoms with Crippen LogP contribution in [0.4, 0.5) is 10.5 Å². The van der Waals surface area contributed by atoms with E-state index in [9.17, 15) is 4.79 Å². The first-order chi connectivity index (χ1) is 13.2. The molecule has 27 heavy (non-hydrogen) atoms. The van der Waals surface area contributed by atoms with Crippen molar-refractivity contribution < 1.29 is 14.3 Å². The molecule has 0 radical (unpaired) electrons. The van der Waals surface area contributed by atoms with Gasteiger partial charge in [-0.25, -0.2) is 4.79 Å². The molecule has 2 amide bonds. The maximum Gasteiger partial charge on any atom is 0.319 e. The van der Waals surface area contributed by atoms with Gasteiger partial charge in [-0.1, -0.05) is 0 Å². The summed E-state index contributed by atoms with van der Waals surface area (Å²) in [5.41, 5.74) is 0.983. The Hall–Kier alpha value is -1.79. The molecule has 3 fully saturated rings. The van der Waals surface area contributed by atoms with Crippen LogP contribution in [0.5, 0.6) is 5.75 Å². The second-order valence-electron chi connectivity index (χ2n) is 8.05. The third-order valence-electron chi connectivity index (χ3n) is 6.21. The molecule has 0 bridgehead atoms. The van der Waals surface area contributed by atoms with Crippen molar-refractivity contribution >= 4 is 11.7 Å². The number of hydrogen-bond acceptors (Lipinski definition) is 4. The van der Waals surface area contributed by atoms with Gasteiger partial charge in [0.25, 0.3) is 0 Å². The number of fused-ring (bicyclic) bond motifs is 1. The number of rotatable bonds is 6. The molecule has 1 aromatic carbocycles. The lowest BCUT2D eigenvalue weighted by Crippen LogP contribution is -2.49. The zero-order valence-electron chi connectivity index (χ0n) is 16.0. The predicted octanol–water partition coefficient (Wildman–Crippen LogP) is 3.38. The minimum Gasteiger partial charge on any atom is -0.491 e. The average Bonchev–Trinajstić information content (AvgIpc) is 3.27. The summed E-state index contributed by atoms with van der Waals surface area (Å²) in [7, 11) is 0. The van der Waals surface area contributed by atoms with Gasteiger partial charge < -0.3 is 20.1 Å². The Kier molecular flexibility index (Phi) is 5.83. The van der Waals surface area contributed by atoms with Crippen molar-refractivity contribution in [3.63, 3.8) is 0 Å². The number of nitrogens with zero attached hydrogens (tertiary/aromatic N) is 1. The van der Waals surface area contributed by atoms with Gasteiger partial charge in [-0.15, -0.1) is 0 Å². The number of nitrogens with one attached hydrogen (secondary N) is 2. The maximum atomic E-state index is 12.3. The summed E-state index contributed by atoms with van der Waals surface area (Å²) in [4.78, 5) is 14.8. The molecule has 3 aliphatic rings. The van der Waals surface area contributed by atoms with E-state index >= 15 is 0 Å². The number of benzene rings is 1. The van der Waals surface area contributed by atoms with Crippen molar-refractivity contribution in [3.8, 4) is 5.75 Å². The first-order valence-corrected chi connectivity index (χ1v) is 10.4. The molecular weight excluding hydrogens is 342 g/mol. The van der Waals surface area contributed by atoms with E-state index in [4.69, 9.17) is 9.47 Å². The molecule has 6 nitrogen and oxygen atoms in total. The van der Waals surface area contributed by atoms with Crippen LogP contribution < -0.4 is 15.4 Å². The molecule has 0 spiro atoms. The van der Waals surface area contributed by atoms with E-state index in [0.717, 1.165) is 37.4 Å². The molecule has 0 aromatic heterocycles. The Bertz CT molecular complexity index is 618. The molecule has 0 aliphatic carbocycles. The van der Waals surface area contributed by atoms with Gasteiger partial charge in [0.05, 0.1) is 6.10 Å². The van der Waals surface area contributed by atoms with E-state index in [1.807, 2.05) is 24.3 Å². The van der Waals surface area contributed by atoms with Crippen LogP contribution in [0.3, 0.4) is 0 Å². The fourth-order valence-corrected chi connectivity index (χ4v) is 4.70. The van der Waals surface area contributed by atoms with E-state index in [0.29, 0.717) is 6.61 Å². The summed E-state index contributed by atoms with van der Waals surface area (Å²) >= 11 is 0. The number of urea groups is 1. The Morgan fingerprint density at radius 1 is 1.15 bits per heavy atom. The molecule has 6 heteroatoms. The molecule has 4 rings (SSSR count). The predicted molar refractivity (Wildman–Crippen MR) is 105 cm³/mol. The van der Waals surface area contributed by atoms with Gasteiger partial charge in [0.15, 0.2) is 0 Å². The number of hydrogen-bond donors (Lipinski definition) is 2. The molecule has 3 saturated heterocycles. The number of carbonyl (C=O) groups excluding carboxylic acids is 1. The minimum atomic E-state index is -0.132. The van der Waals surface area contributed by atoms with Gasteiger partial charge in [-0.2, -0.15) is 0 Å². The summed E-state index contributed by atoms with van der Waals surface area (Å²) in [6, 6.07) is 7.42. The van der Waals surface area contributed by atoms with Gasteiger partial charge >= 0.3 is 6.03 Å². The number of carbonyl (C=O) groups is 1. The van der Waals surface area contributed by atoms with Crippen LogP contribution in [0.2, 0.25) is 0 Å². The summed E-state index contributed by atoms with van der Waals surface area (Å²) in [6.07, 6.45) is 8.52. The second-order valence-corrected chi connectivity index (χ2v) is 8.05. The lowest BCUT2D eigenvalue weighted by atomic mass is 9.94. The third kappa shape index (κ3) is 4.55. The highest BCUT2D eigenvalue weighted by molar-refractivity contribution is 5.89. The Labute approximate surface area is 161 Å². The fourth-order valence-electron chi connectivity index (χ4n) is 4.70. The molecule has 3 heterocycles. The highest BCUT2D eigenvalue weighted by Crippen LogP contribution is 2.38. The molecular formula is C21H31N3O3. The summed E-state index contributed by atoms with van der Waals surface area (Å²) in [5, 5.41) is 6.00. The first-order valence-electron chi connectivity index (χ1n) is 10.4. The number of ether oxygens (including phenoxy) is 2. The van der Waals surface area contributed by atoms with Crippen LogP contribution >= 0.6 is 0 Å². The van der Waals surface area contributed by atoms with E-state index in [1.165, 1.54) is 45.2 Å². The topological polar surface area (TPSA) is 62.8 Å². The van der Waals surface area contributed by atoms with Crippen LogP contribution in [0.25, 0.3) is 0 Å². The van der Waals surface area contributed by atoms with E-state index in [-0.39, 0.29) is 17.7 Å². The molecule has 0 saturated carbocycles. The summed E-state index contributed by atoms with van der Waals surface area (Å²) in [6.45, 7) is 4.52. The van der Waals surface area contributed by atoms with Crippen molar-refractivity contribution in [2.75, 3.05) is 38.2 Å². The minimum absolute atomic E-state index is 0.132. The van der Waals surface area contributed by atoms with Crippen molar-refractivity contribution in [2.24, 2.45) is 0 Å². The van der Waals surface area contributed by atoms with Gasteiger partial charge in [-0.05, 0) is 82.3 Å². The van der Waals surface area contributed by atoms with Crippen LogP contribution in [0.15, 0.2) is 24.3 Å². The molecule has 2 N–H and O–H groups in total. The Morgan fingerprint density at radius 2 is 1.93 bits per heavy atom. The van der Waals surface area contributed by atoms with Crippen LogP contribution in [-0.4, -0.2) is 55.4 Å². The van der Waals surface area contributed by atoms with Gasteiger partial charge in [0, 0.05) is 24.4 Å². The second kappa shape index (κ2) is 8.48. The molecule has 1 unspecified atom stereocenters. The maximum absolute atomic E-state index is 12.3. The zero-order chi connectivity index (χ0) is 18.5. The highest BCUT2D eigenvalue weighted by atomic mass is 16.5. The SMILES string of the molecule is O=C(NCC12CCCN1CCC2)Nc1ccc(OCC2CCCCO2)cc1. The smallest absolute Gasteiger partial charge is 0.319 e. The van der Waals surface area contributed by atoms with E-state index in [1.54, 1.807) is 0 Å². The summed E-state index contributed by atoms with van der Waals surface area (Å²) in [5.74, 6) is 0.807. The van der Waals surface area contributed by atoms with Crippen molar-refractivity contribution in [2.45, 2.75) is 56.6 Å². The van der Waals surface area contributed by atoms with Gasteiger partial charge in [0.2, 0.25) is 0 Å². The standard InChI is InChI=1S/C21H31N3O3/c25-20(22-16-21-10-3-12-24(21)13-4-11-21)23-17-6-8-18(9-7-17)27-15-19-5-1-2-14-26-19/h6-9,19H,1-5,10-16H2,(H2,22,23,25). The van der Waals surface area contributed by atoms with Gasteiger partial charge in [0.1, 0.15) is 12.4 Å². The first kappa shape index (κ1) is 18.6. The average molecular weight is 373 g/mol. The Balaban J connectivity index is 1.21. The monoisotopic (exact) mass is 373 g/mol. The number of anilines is 1. The molecule has 1 atom stereocenters. The normalized spacial score (nSPS) is 24.4. The van der Waals surface area contributed by atoms with Crippen molar-refractivity contribution in [1.82, 2.24) is 10.2 Å². The van der Waals surface area contributed by atoms with E-state index < -0.39 is 0 Å². The molecule has 1 aromatic rings. The third-order valence-corrected chi connectivity index (χ3v) is 6.21. The van der Waals surface area contributed by atoms with Crippen molar-refractivity contribution in [1.29, 1.82) is 0 Å². The van der Waals surface area contributed by atoms with E-state index in [2.05, 4.69) is 15.5 Å². The number of amides is 2. The largest absolute Gasteiger partial charge is 0.491 e. The van der Waals surface area contributed by atoms with Gasteiger partial charge in [-0.3, -0.25) is 4.90 Å². The van der Waals surface area contributed by atoms with Crippen molar-refractivity contribution in [3.05, 3.63) is 24.3 Å². The molecule has 3 aliphatic heterocycles. The van der Waals surface area contributed by atoms with Crippen LogP contribution in [0, 0.1) is 0 Å². The lowest BCUT2D eigenvalue weighted by molar-refractivity contribution is -0.0110. The fraction of sp³-hybridized carbons (Fsp3) is 0.667. The highest BCUT2D eigenvalue weighted by Gasteiger charge is 2.44. The molecule has 148 valence electrons. The van der Waals surface area contributed by atoms with Crippen LogP contribution in [-0.2, 0) is 4.74 Å². The zero-order valence-corrected chi connectivity index (χ0v) is 16.0. The quantitative estimate of drug-likeness (QED) is 0.802. The van der Waals surface area contributed by atoms with Crippen LogP contribution in [0.1, 0.15) is 44.9 Å². The summed E-state index contributed by atoms with van der Waals surface area (Å²) < 4.78 is 11.5.